The van der Waals surface area contributed by atoms with Crippen molar-refractivity contribution in [1.82, 2.24) is 0 Å². The number of alkyl halides is 4. The first-order chi connectivity index (χ1) is 10.7. The lowest BCUT2D eigenvalue weighted by molar-refractivity contribution is -0.0868. The minimum atomic E-state index is -2.69. The number of rotatable bonds is 3. The van der Waals surface area contributed by atoms with Gasteiger partial charge in [0, 0.05) is 25.7 Å². The Balaban J connectivity index is 1.86. The van der Waals surface area contributed by atoms with Crippen LogP contribution in [-0.4, -0.2) is 22.9 Å². The molecule has 0 aliphatic heterocycles. The maximum Gasteiger partial charge on any atom is 0.335 e. The summed E-state index contributed by atoms with van der Waals surface area (Å²) in [5.74, 6) is -6.97. The molecule has 2 fully saturated rings. The summed E-state index contributed by atoms with van der Waals surface area (Å²) in [5.41, 5.74) is 1.30. The number of benzene rings is 1. The van der Waals surface area contributed by atoms with Crippen LogP contribution in [0.25, 0.3) is 0 Å². The van der Waals surface area contributed by atoms with Crippen LogP contribution >= 0.6 is 0 Å². The van der Waals surface area contributed by atoms with Gasteiger partial charge in [-0.15, -0.1) is 0 Å². The van der Waals surface area contributed by atoms with Gasteiger partial charge in [0.05, 0.1) is 5.56 Å². The average molecular weight is 330 g/mol. The average Bonchev–Trinajstić information content (AvgIpc) is 2.44. The van der Waals surface area contributed by atoms with Crippen molar-refractivity contribution in [1.29, 1.82) is 0 Å². The molecule has 0 spiro atoms. The molecule has 126 valence electrons. The SMILES string of the molecule is O=C(O)c1ccc(C2CC(F)(F)C2)cc1C1CCC(F)(F)CC1. The highest BCUT2D eigenvalue weighted by Crippen LogP contribution is 2.49. The monoisotopic (exact) mass is 330 g/mol. The summed E-state index contributed by atoms with van der Waals surface area (Å²) in [6, 6.07) is 4.65. The number of carboxylic acids is 1. The number of carbonyl (C=O) groups is 1. The topological polar surface area (TPSA) is 37.3 Å². The Morgan fingerprint density at radius 3 is 2.13 bits per heavy atom. The van der Waals surface area contributed by atoms with E-state index in [1.807, 2.05) is 0 Å². The fourth-order valence-electron chi connectivity index (χ4n) is 3.62. The molecule has 0 heterocycles. The van der Waals surface area contributed by atoms with E-state index in [9.17, 15) is 27.5 Å². The van der Waals surface area contributed by atoms with E-state index in [1.54, 1.807) is 12.1 Å². The molecule has 2 nitrogen and oxygen atoms in total. The summed E-state index contributed by atoms with van der Waals surface area (Å²) in [6.45, 7) is 0. The zero-order valence-corrected chi connectivity index (χ0v) is 12.5. The summed E-state index contributed by atoms with van der Waals surface area (Å²) in [5, 5.41) is 9.31. The molecule has 2 aliphatic rings. The third-order valence-corrected chi connectivity index (χ3v) is 5.02. The van der Waals surface area contributed by atoms with Crippen molar-refractivity contribution in [2.75, 3.05) is 0 Å². The largest absolute Gasteiger partial charge is 0.478 e. The molecule has 1 N–H and O–H groups in total. The maximum absolute atomic E-state index is 13.3. The molecule has 0 radical (unpaired) electrons. The maximum atomic E-state index is 13.3. The van der Waals surface area contributed by atoms with Crippen LogP contribution in [0.4, 0.5) is 17.6 Å². The van der Waals surface area contributed by atoms with Gasteiger partial charge in [-0.05, 0) is 41.9 Å². The molecule has 0 aromatic heterocycles. The molecule has 1 aromatic carbocycles. The van der Waals surface area contributed by atoms with Crippen molar-refractivity contribution in [3.63, 3.8) is 0 Å². The van der Waals surface area contributed by atoms with Crippen LogP contribution in [0.1, 0.15) is 71.8 Å². The fraction of sp³-hybridized carbons (Fsp3) is 0.588. The van der Waals surface area contributed by atoms with Crippen LogP contribution < -0.4 is 0 Å². The van der Waals surface area contributed by atoms with Crippen molar-refractivity contribution in [3.05, 3.63) is 34.9 Å². The van der Waals surface area contributed by atoms with Crippen molar-refractivity contribution in [2.24, 2.45) is 0 Å². The van der Waals surface area contributed by atoms with Gasteiger partial charge in [-0.2, -0.15) is 0 Å². The lowest BCUT2D eigenvalue weighted by Crippen LogP contribution is -2.33. The molecule has 0 saturated heterocycles. The van der Waals surface area contributed by atoms with Crippen molar-refractivity contribution >= 4 is 5.97 Å². The Kier molecular flexibility index (Phi) is 3.89. The van der Waals surface area contributed by atoms with Gasteiger partial charge in [-0.1, -0.05) is 12.1 Å². The molecule has 23 heavy (non-hydrogen) atoms. The second-order valence-electron chi connectivity index (χ2n) is 6.74. The normalized spacial score (nSPS) is 24.2. The van der Waals surface area contributed by atoms with Gasteiger partial charge < -0.3 is 5.11 Å². The quantitative estimate of drug-likeness (QED) is 0.774. The van der Waals surface area contributed by atoms with Gasteiger partial charge in [-0.25, -0.2) is 22.4 Å². The van der Waals surface area contributed by atoms with Crippen LogP contribution in [0.3, 0.4) is 0 Å². The lowest BCUT2D eigenvalue weighted by atomic mass is 9.74. The molecular formula is C17H18F4O2. The zero-order chi connectivity index (χ0) is 16.8. The summed E-state index contributed by atoms with van der Waals surface area (Å²) in [4.78, 5) is 11.4. The Morgan fingerprint density at radius 1 is 1.00 bits per heavy atom. The van der Waals surface area contributed by atoms with Gasteiger partial charge in [0.2, 0.25) is 11.8 Å². The van der Waals surface area contributed by atoms with E-state index >= 15 is 0 Å². The van der Waals surface area contributed by atoms with E-state index in [4.69, 9.17) is 0 Å². The van der Waals surface area contributed by atoms with Crippen LogP contribution in [0.2, 0.25) is 0 Å². The smallest absolute Gasteiger partial charge is 0.335 e. The Labute approximate surface area is 131 Å². The number of aromatic carboxylic acids is 1. The van der Waals surface area contributed by atoms with E-state index in [0.717, 1.165) is 0 Å². The molecule has 1 aromatic rings. The van der Waals surface area contributed by atoms with Crippen molar-refractivity contribution in [3.8, 4) is 0 Å². The third-order valence-electron chi connectivity index (χ3n) is 5.02. The first-order valence-electron chi connectivity index (χ1n) is 7.80. The minimum Gasteiger partial charge on any atom is -0.478 e. The molecule has 0 atom stereocenters. The van der Waals surface area contributed by atoms with Gasteiger partial charge in [0.1, 0.15) is 0 Å². The van der Waals surface area contributed by atoms with E-state index in [0.29, 0.717) is 11.1 Å². The van der Waals surface area contributed by atoms with Gasteiger partial charge in [-0.3, -0.25) is 0 Å². The van der Waals surface area contributed by atoms with Gasteiger partial charge >= 0.3 is 5.97 Å². The summed E-state index contributed by atoms with van der Waals surface area (Å²) < 4.78 is 52.7. The molecule has 3 rings (SSSR count). The van der Waals surface area contributed by atoms with Crippen molar-refractivity contribution in [2.45, 2.75) is 62.2 Å². The molecule has 0 bridgehead atoms. The van der Waals surface area contributed by atoms with Gasteiger partial charge in [0.15, 0.2) is 0 Å². The second-order valence-corrected chi connectivity index (χ2v) is 6.74. The zero-order valence-electron chi connectivity index (χ0n) is 12.5. The van der Waals surface area contributed by atoms with E-state index in [2.05, 4.69) is 0 Å². The van der Waals surface area contributed by atoms with Crippen LogP contribution in [-0.2, 0) is 0 Å². The summed E-state index contributed by atoms with van der Waals surface area (Å²) in [6.07, 6.45) is -0.552. The fourth-order valence-corrected chi connectivity index (χ4v) is 3.62. The highest BCUT2D eigenvalue weighted by Gasteiger charge is 2.46. The molecular weight excluding hydrogens is 312 g/mol. The highest BCUT2D eigenvalue weighted by atomic mass is 19.3. The van der Waals surface area contributed by atoms with Crippen LogP contribution in [0.5, 0.6) is 0 Å². The predicted octanol–water partition coefficient (Wildman–Crippen LogP) is 5.19. The van der Waals surface area contributed by atoms with E-state index in [-0.39, 0.29) is 55.9 Å². The predicted molar refractivity (Wildman–Crippen MR) is 76.5 cm³/mol. The third kappa shape index (κ3) is 3.35. The van der Waals surface area contributed by atoms with Crippen LogP contribution in [0, 0.1) is 0 Å². The van der Waals surface area contributed by atoms with E-state index in [1.165, 1.54) is 6.07 Å². The van der Waals surface area contributed by atoms with Gasteiger partial charge in [0.25, 0.3) is 0 Å². The number of carboxylic acid groups (broad SMARTS) is 1. The van der Waals surface area contributed by atoms with Crippen LogP contribution in [0.15, 0.2) is 18.2 Å². The molecule has 2 saturated carbocycles. The molecule has 0 amide bonds. The number of hydrogen-bond acceptors (Lipinski definition) is 1. The molecule has 6 heteroatoms. The number of halogens is 4. The molecule has 2 aliphatic carbocycles. The second kappa shape index (κ2) is 5.49. The first kappa shape index (κ1) is 16.3. The van der Waals surface area contributed by atoms with Crippen molar-refractivity contribution < 1.29 is 27.5 Å². The Bertz CT molecular complexity index is 609. The summed E-state index contributed by atoms with van der Waals surface area (Å²) >= 11 is 0. The Morgan fingerprint density at radius 2 is 1.61 bits per heavy atom. The Hall–Kier alpha value is -1.59. The minimum absolute atomic E-state index is 0.0926. The van der Waals surface area contributed by atoms with E-state index < -0.39 is 17.8 Å². The lowest BCUT2D eigenvalue weighted by Gasteiger charge is -2.36. The molecule has 0 unspecified atom stereocenters. The summed E-state index contributed by atoms with van der Waals surface area (Å²) in [7, 11) is 0. The number of hydrogen-bond donors (Lipinski definition) is 1. The standard InChI is InChI=1S/C17H18F4O2/c18-16(19)5-3-10(4-6-16)14-7-11(1-2-13(14)15(22)23)12-8-17(20,21)9-12/h1-2,7,10,12H,3-6,8-9H2,(H,22,23). The first-order valence-corrected chi connectivity index (χ1v) is 7.80. The highest BCUT2D eigenvalue weighted by molar-refractivity contribution is 5.89.